The van der Waals surface area contributed by atoms with Crippen LogP contribution in [0.25, 0.3) is 0 Å². The lowest BCUT2D eigenvalue weighted by Crippen LogP contribution is -2.45. The molecule has 1 aliphatic rings. The first-order chi connectivity index (χ1) is 6.65. The summed E-state index contributed by atoms with van der Waals surface area (Å²) in [4.78, 5) is 14.0. The number of rotatable bonds is 3. The topological polar surface area (TPSA) is 32.3 Å². The summed E-state index contributed by atoms with van der Waals surface area (Å²) in [6.07, 6.45) is 3.30. The first kappa shape index (κ1) is 11.5. The van der Waals surface area contributed by atoms with Crippen LogP contribution >= 0.6 is 0 Å². The van der Waals surface area contributed by atoms with Gasteiger partial charge in [0.1, 0.15) is 0 Å². The van der Waals surface area contributed by atoms with Crippen molar-refractivity contribution in [1.82, 2.24) is 10.2 Å². The molecule has 0 aliphatic carbocycles. The zero-order valence-electron chi connectivity index (χ0n) is 9.55. The predicted molar refractivity (Wildman–Crippen MR) is 58.1 cm³/mol. The van der Waals surface area contributed by atoms with Gasteiger partial charge in [-0.25, -0.2) is 0 Å². The molecule has 82 valence electrons. The Morgan fingerprint density at radius 3 is 2.79 bits per heavy atom. The molecule has 3 heteroatoms. The zero-order chi connectivity index (χ0) is 10.6. The number of nitrogens with zero attached hydrogens (tertiary/aromatic N) is 1. The van der Waals surface area contributed by atoms with E-state index in [0.717, 1.165) is 32.4 Å². The van der Waals surface area contributed by atoms with Crippen LogP contribution in [0, 0.1) is 5.92 Å². The van der Waals surface area contributed by atoms with Crippen LogP contribution in [-0.2, 0) is 4.79 Å². The number of amides is 1. The molecule has 14 heavy (non-hydrogen) atoms. The number of carbonyl (C=O) groups excluding carboxylic acids is 1. The molecule has 1 heterocycles. The van der Waals surface area contributed by atoms with Crippen molar-refractivity contribution in [3.8, 4) is 0 Å². The van der Waals surface area contributed by atoms with E-state index in [4.69, 9.17) is 0 Å². The minimum Gasteiger partial charge on any atom is -0.341 e. The second-order valence-electron chi connectivity index (χ2n) is 4.52. The second-order valence-corrected chi connectivity index (χ2v) is 4.52. The van der Waals surface area contributed by atoms with E-state index in [1.165, 1.54) is 0 Å². The average molecular weight is 198 g/mol. The van der Waals surface area contributed by atoms with E-state index < -0.39 is 0 Å². The Kier molecular flexibility index (Phi) is 4.39. The fourth-order valence-electron chi connectivity index (χ4n) is 2.00. The van der Waals surface area contributed by atoms with Crippen molar-refractivity contribution in [3.63, 3.8) is 0 Å². The number of carbonyl (C=O) groups is 1. The highest BCUT2D eigenvalue weighted by atomic mass is 16.2. The number of likely N-dealkylation sites (tertiary alicyclic amines) is 1. The van der Waals surface area contributed by atoms with Gasteiger partial charge in [-0.3, -0.25) is 4.79 Å². The third-order valence-electron chi connectivity index (χ3n) is 2.71. The maximum Gasteiger partial charge on any atom is 0.239 e. The Bertz CT molecular complexity index is 192. The molecule has 0 spiro atoms. The van der Waals surface area contributed by atoms with E-state index >= 15 is 0 Å². The van der Waals surface area contributed by atoms with Crippen molar-refractivity contribution in [2.75, 3.05) is 20.1 Å². The van der Waals surface area contributed by atoms with E-state index in [2.05, 4.69) is 19.2 Å². The predicted octanol–water partition coefficient (Wildman–Crippen LogP) is 1.24. The summed E-state index contributed by atoms with van der Waals surface area (Å²) < 4.78 is 0. The van der Waals surface area contributed by atoms with Crippen molar-refractivity contribution in [3.05, 3.63) is 0 Å². The van der Waals surface area contributed by atoms with Gasteiger partial charge in [-0.05, 0) is 32.2 Å². The molecule has 0 bridgehead atoms. The van der Waals surface area contributed by atoms with Gasteiger partial charge in [-0.2, -0.15) is 0 Å². The Labute approximate surface area is 86.9 Å². The fourth-order valence-corrected chi connectivity index (χ4v) is 2.00. The summed E-state index contributed by atoms with van der Waals surface area (Å²) in [5, 5.41) is 3.11. The molecule has 0 aromatic carbocycles. The SMILES string of the molecule is CNC1CCCCN(CC(C)C)C1=O. The maximum absolute atomic E-state index is 12.0. The van der Waals surface area contributed by atoms with Gasteiger partial charge in [0, 0.05) is 13.1 Å². The van der Waals surface area contributed by atoms with Crippen LogP contribution in [0.15, 0.2) is 0 Å². The number of hydrogen-bond donors (Lipinski definition) is 1. The van der Waals surface area contributed by atoms with Gasteiger partial charge in [0.05, 0.1) is 6.04 Å². The van der Waals surface area contributed by atoms with Crippen LogP contribution in [0.4, 0.5) is 0 Å². The van der Waals surface area contributed by atoms with E-state index in [0.29, 0.717) is 11.8 Å². The summed E-state index contributed by atoms with van der Waals surface area (Å²) >= 11 is 0. The Morgan fingerprint density at radius 1 is 1.50 bits per heavy atom. The van der Waals surface area contributed by atoms with E-state index in [9.17, 15) is 4.79 Å². The molecule has 1 saturated heterocycles. The normalized spacial score (nSPS) is 24.1. The Balaban J connectivity index is 2.58. The lowest BCUT2D eigenvalue weighted by Gasteiger charge is -2.25. The number of nitrogens with one attached hydrogen (secondary N) is 1. The number of hydrogen-bond acceptors (Lipinski definition) is 2. The maximum atomic E-state index is 12.0. The highest BCUT2D eigenvalue weighted by Crippen LogP contribution is 2.13. The average Bonchev–Trinajstić information content (AvgIpc) is 2.29. The van der Waals surface area contributed by atoms with E-state index in [-0.39, 0.29) is 6.04 Å². The van der Waals surface area contributed by atoms with Crippen molar-refractivity contribution in [2.45, 2.75) is 39.2 Å². The smallest absolute Gasteiger partial charge is 0.239 e. The number of likely N-dealkylation sites (N-methyl/N-ethyl adjacent to an activating group) is 1. The van der Waals surface area contributed by atoms with Crippen LogP contribution in [0.5, 0.6) is 0 Å². The molecule has 0 radical (unpaired) electrons. The summed E-state index contributed by atoms with van der Waals surface area (Å²) in [7, 11) is 1.88. The quantitative estimate of drug-likeness (QED) is 0.740. The largest absolute Gasteiger partial charge is 0.341 e. The summed E-state index contributed by atoms with van der Waals surface area (Å²) in [6.45, 7) is 6.16. The minimum absolute atomic E-state index is 0.0521. The van der Waals surface area contributed by atoms with Gasteiger partial charge < -0.3 is 10.2 Å². The third kappa shape index (κ3) is 2.98. The van der Waals surface area contributed by atoms with Crippen LogP contribution in [0.2, 0.25) is 0 Å². The lowest BCUT2D eigenvalue weighted by molar-refractivity contribution is -0.133. The molecule has 1 rings (SSSR count). The van der Waals surface area contributed by atoms with E-state index in [1.54, 1.807) is 0 Å². The van der Waals surface area contributed by atoms with Gasteiger partial charge in [-0.1, -0.05) is 13.8 Å². The van der Waals surface area contributed by atoms with Crippen LogP contribution in [0.1, 0.15) is 33.1 Å². The molecule has 1 atom stereocenters. The molecular formula is C11H22N2O. The molecule has 1 unspecified atom stereocenters. The van der Waals surface area contributed by atoms with E-state index in [1.807, 2.05) is 11.9 Å². The van der Waals surface area contributed by atoms with Crippen molar-refractivity contribution < 1.29 is 4.79 Å². The Morgan fingerprint density at radius 2 is 2.21 bits per heavy atom. The standard InChI is InChI=1S/C11H22N2O/c1-9(2)8-13-7-5-4-6-10(12-3)11(13)14/h9-10,12H,4-8H2,1-3H3. The fraction of sp³-hybridized carbons (Fsp3) is 0.909. The molecule has 0 aromatic heterocycles. The second kappa shape index (κ2) is 5.35. The van der Waals surface area contributed by atoms with Gasteiger partial charge in [-0.15, -0.1) is 0 Å². The molecule has 0 saturated carbocycles. The first-order valence-corrected chi connectivity index (χ1v) is 5.61. The van der Waals surface area contributed by atoms with Crippen molar-refractivity contribution >= 4 is 5.91 Å². The molecule has 1 fully saturated rings. The first-order valence-electron chi connectivity index (χ1n) is 5.61. The van der Waals surface area contributed by atoms with Gasteiger partial charge in [0.25, 0.3) is 0 Å². The van der Waals surface area contributed by atoms with Gasteiger partial charge >= 0.3 is 0 Å². The molecular weight excluding hydrogens is 176 g/mol. The highest BCUT2D eigenvalue weighted by molar-refractivity contribution is 5.82. The highest BCUT2D eigenvalue weighted by Gasteiger charge is 2.25. The summed E-state index contributed by atoms with van der Waals surface area (Å²) in [5.74, 6) is 0.855. The van der Waals surface area contributed by atoms with Crippen LogP contribution in [-0.4, -0.2) is 37.0 Å². The zero-order valence-corrected chi connectivity index (χ0v) is 9.55. The van der Waals surface area contributed by atoms with Crippen molar-refractivity contribution in [2.24, 2.45) is 5.92 Å². The summed E-state index contributed by atoms with van der Waals surface area (Å²) in [5.41, 5.74) is 0. The molecule has 1 aliphatic heterocycles. The van der Waals surface area contributed by atoms with Crippen molar-refractivity contribution in [1.29, 1.82) is 0 Å². The van der Waals surface area contributed by atoms with Crippen LogP contribution in [0.3, 0.4) is 0 Å². The summed E-state index contributed by atoms with van der Waals surface area (Å²) in [6, 6.07) is 0.0521. The third-order valence-corrected chi connectivity index (χ3v) is 2.71. The molecule has 1 N–H and O–H groups in total. The molecule has 3 nitrogen and oxygen atoms in total. The van der Waals surface area contributed by atoms with Gasteiger partial charge in [0.15, 0.2) is 0 Å². The monoisotopic (exact) mass is 198 g/mol. The van der Waals surface area contributed by atoms with Gasteiger partial charge in [0.2, 0.25) is 5.91 Å². The lowest BCUT2D eigenvalue weighted by atomic mass is 10.1. The van der Waals surface area contributed by atoms with Crippen LogP contribution < -0.4 is 5.32 Å². The Hall–Kier alpha value is -0.570. The minimum atomic E-state index is 0.0521. The molecule has 1 amide bonds. The molecule has 0 aromatic rings.